The molecule has 0 aromatic rings. The van der Waals surface area contributed by atoms with Crippen LogP contribution >= 0.6 is 11.1 Å². The number of hydrogen-bond donors (Lipinski definition) is 0. The zero-order chi connectivity index (χ0) is 11.9. The van der Waals surface area contributed by atoms with E-state index in [2.05, 4.69) is 39.6 Å². The van der Waals surface area contributed by atoms with Crippen molar-refractivity contribution in [3.63, 3.8) is 0 Å². The fraction of sp³-hybridized carbons (Fsp3) is 0.833. The van der Waals surface area contributed by atoms with Gasteiger partial charge in [-0.05, 0) is 6.42 Å². The summed E-state index contributed by atoms with van der Waals surface area (Å²) in [7, 11) is -1.56. The molecule has 0 amide bonds. The molecule has 0 spiro atoms. The van der Waals surface area contributed by atoms with Gasteiger partial charge in [-0.3, -0.25) is 0 Å². The summed E-state index contributed by atoms with van der Waals surface area (Å²) >= 11 is 6.43. The van der Waals surface area contributed by atoms with E-state index in [1.807, 2.05) is 0 Å². The summed E-state index contributed by atoms with van der Waals surface area (Å²) in [6, 6.07) is 0. The van der Waals surface area contributed by atoms with Crippen LogP contribution in [0.2, 0.25) is 25.7 Å². The SMILES string of the molecule is CCCC/C(=C\[Si](C)(C)Cl)B(CC)CC. The molecule has 0 aliphatic carbocycles. The molecule has 3 heteroatoms. The van der Waals surface area contributed by atoms with Crippen LogP contribution in [0.4, 0.5) is 0 Å². The summed E-state index contributed by atoms with van der Waals surface area (Å²) < 4.78 is 0. The van der Waals surface area contributed by atoms with Crippen LogP contribution in [0.3, 0.4) is 0 Å². The summed E-state index contributed by atoms with van der Waals surface area (Å²) in [6.45, 7) is 12.0. The number of halogens is 1. The maximum Gasteiger partial charge on any atom is 0.172 e. The van der Waals surface area contributed by atoms with E-state index in [1.54, 1.807) is 5.47 Å². The van der Waals surface area contributed by atoms with Crippen molar-refractivity contribution in [3.05, 3.63) is 11.2 Å². The summed E-state index contributed by atoms with van der Waals surface area (Å²) in [5, 5.41) is 0. The highest BCUT2D eigenvalue weighted by Crippen LogP contribution is 2.21. The Labute approximate surface area is 102 Å². The first-order chi connectivity index (χ1) is 6.94. The third-order valence-corrected chi connectivity index (χ3v) is 4.24. The van der Waals surface area contributed by atoms with Crippen molar-refractivity contribution < 1.29 is 0 Å². The van der Waals surface area contributed by atoms with Gasteiger partial charge in [-0.2, -0.15) is 11.1 Å². The average Bonchev–Trinajstić information content (AvgIpc) is 2.13. The topological polar surface area (TPSA) is 0 Å². The molecule has 0 unspecified atom stereocenters. The Kier molecular flexibility index (Phi) is 7.72. The maximum absolute atomic E-state index is 6.43. The van der Waals surface area contributed by atoms with Gasteiger partial charge >= 0.3 is 0 Å². The Morgan fingerprint density at radius 2 is 1.73 bits per heavy atom. The zero-order valence-corrected chi connectivity index (χ0v) is 12.8. The second-order valence-electron chi connectivity index (χ2n) is 4.90. The lowest BCUT2D eigenvalue weighted by molar-refractivity contribution is 0.804. The van der Waals surface area contributed by atoms with E-state index in [0.717, 1.165) is 6.71 Å². The zero-order valence-electron chi connectivity index (χ0n) is 11.1. The molecule has 0 saturated carbocycles. The summed E-state index contributed by atoms with van der Waals surface area (Å²) in [6.07, 6.45) is 6.36. The Bertz CT molecular complexity index is 192. The molecule has 0 aliphatic rings. The number of unbranched alkanes of at least 4 members (excludes halogenated alkanes) is 1. The Balaban J connectivity index is 4.63. The third-order valence-electron chi connectivity index (χ3n) is 2.86. The number of allylic oxidation sites excluding steroid dienone is 1. The molecule has 0 heterocycles. The number of hydrogen-bond acceptors (Lipinski definition) is 0. The van der Waals surface area contributed by atoms with E-state index < -0.39 is 7.38 Å². The van der Waals surface area contributed by atoms with Crippen molar-refractivity contribution >= 4 is 25.2 Å². The normalized spacial score (nSPS) is 13.1. The Morgan fingerprint density at radius 3 is 2.07 bits per heavy atom. The second kappa shape index (κ2) is 7.56. The Morgan fingerprint density at radius 1 is 1.20 bits per heavy atom. The summed E-state index contributed by atoms with van der Waals surface area (Å²) in [5.74, 6) is 0. The van der Waals surface area contributed by atoms with E-state index >= 15 is 0 Å². The highest BCUT2D eigenvalue weighted by molar-refractivity contribution is 7.22. The van der Waals surface area contributed by atoms with Gasteiger partial charge in [0.2, 0.25) is 0 Å². The van der Waals surface area contributed by atoms with Crippen molar-refractivity contribution in [1.29, 1.82) is 0 Å². The smallest absolute Gasteiger partial charge is 0.162 e. The molecule has 0 fully saturated rings. The lowest BCUT2D eigenvalue weighted by Crippen LogP contribution is -2.21. The predicted octanol–water partition coefficient (Wildman–Crippen LogP) is 5.16. The lowest BCUT2D eigenvalue weighted by atomic mass is 9.40. The quantitative estimate of drug-likeness (QED) is 0.429. The highest BCUT2D eigenvalue weighted by Gasteiger charge is 2.20. The van der Waals surface area contributed by atoms with E-state index in [4.69, 9.17) is 11.1 Å². The molecule has 0 radical (unpaired) electrons. The predicted molar refractivity (Wildman–Crippen MR) is 77.7 cm³/mol. The first-order valence-electron chi connectivity index (χ1n) is 6.35. The molecule has 0 aliphatic heterocycles. The van der Waals surface area contributed by atoms with E-state index in [9.17, 15) is 0 Å². The molecule has 0 bridgehead atoms. The Hall–Kier alpha value is 0.312. The second-order valence-corrected chi connectivity index (χ2v) is 11.2. The molecule has 0 N–H and O–H groups in total. The molecular formula is C12H26BClSi. The van der Waals surface area contributed by atoms with Gasteiger partial charge in [0, 0.05) is 0 Å². The monoisotopic (exact) mass is 244 g/mol. The molecule has 15 heavy (non-hydrogen) atoms. The summed E-state index contributed by atoms with van der Waals surface area (Å²) in [4.78, 5) is 0. The van der Waals surface area contributed by atoms with Gasteiger partial charge in [-0.25, -0.2) is 0 Å². The van der Waals surface area contributed by atoms with Gasteiger partial charge in [-0.15, -0.1) is 5.47 Å². The summed E-state index contributed by atoms with van der Waals surface area (Å²) in [5.41, 5.74) is 4.05. The van der Waals surface area contributed by atoms with E-state index in [0.29, 0.717) is 0 Å². The molecular weight excluding hydrogens is 218 g/mol. The third kappa shape index (κ3) is 7.24. The molecule has 0 aromatic carbocycles. The van der Waals surface area contributed by atoms with Crippen molar-refractivity contribution in [2.24, 2.45) is 0 Å². The van der Waals surface area contributed by atoms with Gasteiger partial charge in [0.1, 0.15) is 0 Å². The van der Waals surface area contributed by atoms with Crippen LogP contribution in [0.25, 0.3) is 0 Å². The highest BCUT2D eigenvalue weighted by atomic mass is 35.6. The van der Waals surface area contributed by atoms with Gasteiger partial charge < -0.3 is 0 Å². The van der Waals surface area contributed by atoms with Crippen molar-refractivity contribution in [2.75, 3.05) is 0 Å². The standard InChI is InChI=1S/C12H26BClSi/c1-6-9-10-12(11-15(4,5)14)13(7-2)8-3/h11H,6-10H2,1-5H3/b12-11+. The van der Waals surface area contributed by atoms with Gasteiger partial charge in [0.15, 0.2) is 14.1 Å². The minimum absolute atomic E-state index is 0.766. The van der Waals surface area contributed by atoms with E-state index in [-0.39, 0.29) is 0 Å². The van der Waals surface area contributed by atoms with Crippen LogP contribution in [0.15, 0.2) is 11.2 Å². The minimum atomic E-state index is -1.56. The van der Waals surface area contributed by atoms with Crippen LogP contribution in [0.1, 0.15) is 40.0 Å². The average molecular weight is 245 g/mol. The van der Waals surface area contributed by atoms with Gasteiger partial charge in [-0.1, -0.05) is 65.0 Å². The van der Waals surface area contributed by atoms with Crippen LogP contribution in [0.5, 0.6) is 0 Å². The van der Waals surface area contributed by atoms with Gasteiger partial charge in [0.25, 0.3) is 0 Å². The minimum Gasteiger partial charge on any atom is -0.162 e. The molecule has 0 saturated heterocycles. The van der Waals surface area contributed by atoms with E-state index in [1.165, 1.54) is 31.9 Å². The molecule has 88 valence electrons. The van der Waals surface area contributed by atoms with Gasteiger partial charge in [0.05, 0.1) is 0 Å². The molecule has 0 nitrogen and oxygen atoms in total. The fourth-order valence-corrected chi connectivity index (χ4v) is 3.71. The van der Waals surface area contributed by atoms with Crippen LogP contribution in [-0.4, -0.2) is 14.1 Å². The molecule has 0 atom stereocenters. The maximum atomic E-state index is 6.43. The van der Waals surface area contributed by atoms with Crippen molar-refractivity contribution in [2.45, 2.75) is 65.8 Å². The first-order valence-corrected chi connectivity index (χ1v) is 10.4. The first kappa shape index (κ1) is 15.3. The molecule has 0 rings (SSSR count). The van der Waals surface area contributed by atoms with Crippen LogP contribution in [-0.2, 0) is 0 Å². The number of rotatable bonds is 7. The lowest BCUT2D eigenvalue weighted by Gasteiger charge is -2.18. The fourth-order valence-electron chi connectivity index (χ4n) is 2.03. The largest absolute Gasteiger partial charge is 0.172 e. The van der Waals surface area contributed by atoms with Crippen molar-refractivity contribution in [1.82, 2.24) is 0 Å². The van der Waals surface area contributed by atoms with Crippen molar-refractivity contribution in [3.8, 4) is 0 Å². The molecule has 0 aromatic heterocycles. The van der Waals surface area contributed by atoms with Crippen LogP contribution < -0.4 is 0 Å². The van der Waals surface area contributed by atoms with Crippen LogP contribution in [0, 0.1) is 0 Å².